The summed E-state index contributed by atoms with van der Waals surface area (Å²) < 4.78 is 2.04. The summed E-state index contributed by atoms with van der Waals surface area (Å²) in [6, 6.07) is 6.43. The summed E-state index contributed by atoms with van der Waals surface area (Å²) in [5, 5.41) is 5.80. The van der Waals surface area contributed by atoms with Gasteiger partial charge in [-0.25, -0.2) is 0 Å². The number of aromatic nitrogens is 2. The van der Waals surface area contributed by atoms with E-state index in [2.05, 4.69) is 37.1 Å². The van der Waals surface area contributed by atoms with Crippen LogP contribution in [0.4, 0.5) is 0 Å². The van der Waals surface area contributed by atoms with E-state index in [-0.39, 0.29) is 0 Å². The number of nitrogens with zero attached hydrogens (tertiary/aromatic N) is 2. The highest BCUT2D eigenvalue weighted by atomic mass is 15.3. The molecular formula is C12H17N3. The molecule has 0 unspecified atom stereocenters. The molecule has 3 heteroatoms. The Morgan fingerprint density at radius 3 is 2.87 bits per heavy atom. The van der Waals surface area contributed by atoms with Crippen LogP contribution in [-0.2, 0) is 13.0 Å². The Kier molecular flexibility index (Phi) is 2.73. The van der Waals surface area contributed by atoms with Gasteiger partial charge in [-0.05, 0) is 38.4 Å². The van der Waals surface area contributed by atoms with Crippen molar-refractivity contribution in [2.75, 3.05) is 6.54 Å². The summed E-state index contributed by atoms with van der Waals surface area (Å²) in [5.41, 5.74) is 9.14. The lowest BCUT2D eigenvalue weighted by atomic mass is 10.1. The van der Waals surface area contributed by atoms with Crippen LogP contribution in [0, 0.1) is 6.92 Å². The summed E-state index contributed by atoms with van der Waals surface area (Å²) in [7, 11) is 0. The second kappa shape index (κ2) is 4.03. The molecule has 2 rings (SSSR count). The average Bonchev–Trinajstić information content (AvgIpc) is 2.56. The van der Waals surface area contributed by atoms with Crippen LogP contribution in [0.1, 0.15) is 18.2 Å². The monoisotopic (exact) mass is 203 g/mol. The van der Waals surface area contributed by atoms with E-state index >= 15 is 0 Å². The third kappa shape index (κ3) is 1.75. The molecule has 0 aliphatic carbocycles. The van der Waals surface area contributed by atoms with Gasteiger partial charge in [-0.15, -0.1) is 0 Å². The Labute approximate surface area is 89.9 Å². The molecule has 0 radical (unpaired) electrons. The quantitative estimate of drug-likeness (QED) is 0.827. The molecule has 1 aromatic carbocycles. The molecule has 0 amide bonds. The number of hydrogen-bond donors (Lipinski definition) is 1. The standard InChI is InChI=1S/C12H17N3/c1-3-15-9(2)11-5-4-10(6-7-13)8-12(11)14-15/h4-5,8H,3,6-7,13H2,1-2H3. The molecule has 1 heterocycles. The number of rotatable bonds is 3. The maximum atomic E-state index is 5.54. The average molecular weight is 203 g/mol. The zero-order valence-corrected chi connectivity index (χ0v) is 9.33. The Bertz CT molecular complexity index is 471. The largest absolute Gasteiger partial charge is 0.330 e. The minimum atomic E-state index is 0.693. The van der Waals surface area contributed by atoms with Gasteiger partial charge in [0.25, 0.3) is 0 Å². The van der Waals surface area contributed by atoms with E-state index in [1.807, 2.05) is 4.68 Å². The van der Waals surface area contributed by atoms with Gasteiger partial charge in [-0.2, -0.15) is 5.10 Å². The van der Waals surface area contributed by atoms with Crippen molar-refractivity contribution < 1.29 is 0 Å². The van der Waals surface area contributed by atoms with Crippen LogP contribution in [0.5, 0.6) is 0 Å². The first-order valence-corrected chi connectivity index (χ1v) is 5.42. The molecule has 1 aromatic heterocycles. The third-order valence-electron chi connectivity index (χ3n) is 2.80. The highest BCUT2D eigenvalue weighted by Gasteiger charge is 2.05. The molecule has 2 N–H and O–H groups in total. The lowest BCUT2D eigenvalue weighted by molar-refractivity contribution is 0.647. The lowest BCUT2D eigenvalue weighted by Gasteiger charge is -1.97. The van der Waals surface area contributed by atoms with Crippen LogP contribution in [-0.4, -0.2) is 16.3 Å². The van der Waals surface area contributed by atoms with E-state index in [4.69, 9.17) is 5.73 Å². The highest BCUT2D eigenvalue weighted by Crippen LogP contribution is 2.19. The second-order valence-electron chi connectivity index (χ2n) is 3.79. The van der Waals surface area contributed by atoms with Gasteiger partial charge in [0.05, 0.1) is 5.52 Å². The molecule has 0 atom stereocenters. The molecule has 0 saturated heterocycles. The summed E-state index contributed by atoms with van der Waals surface area (Å²) in [6.07, 6.45) is 0.925. The van der Waals surface area contributed by atoms with Gasteiger partial charge in [0.2, 0.25) is 0 Å². The van der Waals surface area contributed by atoms with Crippen molar-refractivity contribution in [3.63, 3.8) is 0 Å². The molecule has 0 fully saturated rings. The molecule has 80 valence electrons. The van der Waals surface area contributed by atoms with Gasteiger partial charge in [-0.1, -0.05) is 12.1 Å². The molecule has 0 bridgehead atoms. The van der Waals surface area contributed by atoms with Gasteiger partial charge in [0.15, 0.2) is 0 Å². The summed E-state index contributed by atoms with van der Waals surface area (Å²) in [6.45, 7) is 5.84. The number of benzene rings is 1. The van der Waals surface area contributed by atoms with Gasteiger partial charge >= 0.3 is 0 Å². The Morgan fingerprint density at radius 2 is 2.20 bits per heavy atom. The van der Waals surface area contributed by atoms with E-state index in [0.717, 1.165) is 18.5 Å². The molecule has 3 nitrogen and oxygen atoms in total. The first-order valence-electron chi connectivity index (χ1n) is 5.42. The SMILES string of the molecule is CCn1nc2cc(CCN)ccc2c1C. The molecular weight excluding hydrogens is 186 g/mol. The molecule has 0 saturated carbocycles. The van der Waals surface area contributed by atoms with Crippen LogP contribution < -0.4 is 5.73 Å². The predicted molar refractivity (Wildman–Crippen MR) is 62.9 cm³/mol. The lowest BCUT2D eigenvalue weighted by Crippen LogP contribution is -2.02. The smallest absolute Gasteiger partial charge is 0.0928 e. The Morgan fingerprint density at radius 1 is 1.40 bits per heavy atom. The van der Waals surface area contributed by atoms with Gasteiger partial charge in [0, 0.05) is 17.6 Å². The van der Waals surface area contributed by atoms with Crippen molar-refractivity contribution >= 4 is 10.9 Å². The van der Waals surface area contributed by atoms with Crippen LogP contribution >= 0.6 is 0 Å². The van der Waals surface area contributed by atoms with E-state index < -0.39 is 0 Å². The number of fused-ring (bicyclic) bond motifs is 1. The van der Waals surface area contributed by atoms with E-state index in [1.54, 1.807) is 0 Å². The fraction of sp³-hybridized carbons (Fsp3) is 0.417. The Hall–Kier alpha value is -1.35. The van der Waals surface area contributed by atoms with Gasteiger partial charge in [-0.3, -0.25) is 4.68 Å². The molecule has 15 heavy (non-hydrogen) atoms. The molecule has 0 aliphatic heterocycles. The summed E-state index contributed by atoms with van der Waals surface area (Å²) >= 11 is 0. The van der Waals surface area contributed by atoms with Crippen LogP contribution in [0.3, 0.4) is 0 Å². The fourth-order valence-corrected chi connectivity index (χ4v) is 1.94. The second-order valence-corrected chi connectivity index (χ2v) is 3.79. The van der Waals surface area contributed by atoms with E-state index in [0.29, 0.717) is 6.54 Å². The fourth-order valence-electron chi connectivity index (χ4n) is 1.94. The third-order valence-corrected chi connectivity index (χ3v) is 2.80. The Balaban J connectivity index is 2.53. The molecule has 2 aromatic rings. The van der Waals surface area contributed by atoms with E-state index in [1.165, 1.54) is 16.6 Å². The summed E-state index contributed by atoms with van der Waals surface area (Å²) in [5.74, 6) is 0. The topological polar surface area (TPSA) is 43.8 Å². The van der Waals surface area contributed by atoms with Crippen molar-refractivity contribution in [1.29, 1.82) is 0 Å². The number of aryl methyl sites for hydroxylation is 2. The minimum Gasteiger partial charge on any atom is -0.330 e. The number of hydrogen-bond acceptors (Lipinski definition) is 2. The maximum Gasteiger partial charge on any atom is 0.0928 e. The zero-order chi connectivity index (χ0) is 10.8. The highest BCUT2D eigenvalue weighted by molar-refractivity contribution is 5.82. The van der Waals surface area contributed by atoms with Crippen LogP contribution in [0.25, 0.3) is 10.9 Å². The predicted octanol–water partition coefficient (Wildman–Crippen LogP) is 1.87. The van der Waals surface area contributed by atoms with Crippen molar-refractivity contribution in [2.24, 2.45) is 5.73 Å². The zero-order valence-electron chi connectivity index (χ0n) is 9.33. The molecule has 0 spiro atoms. The minimum absolute atomic E-state index is 0.693. The van der Waals surface area contributed by atoms with Crippen molar-refractivity contribution in [2.45, 2.75) is 26.8 Å². The van der Waals surface area contributed by atoms with Crippen molar-refractivity contribution in [3.8, 4) is 0 Å². The van der Waals surface area contributed by atoms with Crippen molar-refractivity contribution in [1.82, 2.24) is 9.78 Å². The first-order chi connectivity index (χ1) is 7.26. The number of nitrogens with two attached hydrogens (primary N) is 1. The van der Waals surface area contributed by atoms with Crippen LogP contribution in [0.2, 0.25) is 0 Å². The van der Waals surface area contributed by atoms with E-state index in [9.17, 15) is 0 Å². The van der Waals surface area contributed by atoms with Crippen LogP contribution in [0.15, 0.2) is 18.2 Å². The van der Waals surface area contributed by atoms with Gasteiger partial charge < -0.3 is 5.73 Å². The normalized spacial score (nSPS) is 11.1. The van der Waals surface area contributed by atoms with Crippen molar-refractivity contribution in [3.05, 3.63) is 29.5 Å². The molecule has 0 aliphatic rings. The maximum absolute atomic E-state index is 5.54. The van der Waals surface area contributed by atoms with Gasteiger partial charge in [0.1, 0.15) is 0 Å². The summed E-state index contributed by atoms with van der Waals surface area (Å²) in [4.78, 5) is 0. The first kappa shape index (κ1) is 10.2.